The maximum Gasteiger partial charge on any atom is 0.347 e. The second-order valence-electron chi connectivity index (χ2n) is 5.49. The van der Waals surface area contributed by atoms with E-state index in [1.807, 2.05) is 0 Å². The predicted octanol–water partition coefficient (Wildman–Crippen LogP) is 3.11. The van der Waals surface area contributed by atoms with Gasteiger partial charge in [-0.3, -0.25) is 4.79 Å². The van der Waals surface area contributed by atoms with Crippen LogP contribution in [0.5, 0.6) is 5.75 Å². The number of methoxy groups -OCH3 is 1. The number of carbonyl (C=O) groups excluding carboxylic acids is 1. The molecule has 0 aliphatic rings. The molecule has 0 aliphatic carbocycles. The van der Waals surface area contributed by atoms with E-state index >= 15 is 0 Å². The van der Waals surface area contributed by atoms with Gasteiger partial charge in [-0.05, 0) is 42.5 Å². The first-order chi connectivity index (χ1) is 12.3. The van der Waals surface area contributed by atoms with Gasteiger partial charge < -0.3 is 9.15 Å². The Labute approximate surface area is 153 Å². The van der Waals surface area contributed by atoms with Crippen LogP contribution in [0.15, 0.2) is 62.6 Å². The lowest BCUT2D eigenvalue weighted by atomic mass is 10.1. The maximum absolute atomic E-state index is 12.4. The number of Topliss-reactive ketones (excluding diaryl/α,β-unsaturated/α-hetero) is 1. The van der Waals surface area contributed by atoms with Crippen molar-refractivity contribution in [3.05, 3.63) is 69.5 Å². The Bertz CT molecular complexity index is 1150. The summed E-state index contributed by atoms with van der Waals surface area (Å²) in [5.41, 5.74) is -0.978. The molecule has 0 saturated heterocycles. The molecule has 3 rings (SSSR count). The van der Waals surface area contributed by atoms with Crippen LogP contribution in [0, 0.1) is 0 Å². The average molecular weight is 393 g/mol. The third-order valence-electron chi connectivity index (χ3n) is 3.74. The van der Waals surface area contributed by atoms with Crippen LogP contribution in [0.25, 0.3) is 11.0 Å². The molecule has 0 atom stereocenters. The molecule has 0 spiro atoms. The van der Waals surface area contributed by atoms with Crippen molar-refractivity contribution in [3.63, 3.8) is 0 Å². The molecule has 3 aromatic rings. The Balaban J connectivity index is 1.95. The number of benzene rings is 2. The van der Waals surface area contributed by atoms with E-state index in [1.165, 1.54) is 43.5 Å². The number of carbonyl (C=O) groups is 1. The zero-order valence-corrected chi connectivity index (χ0v) is 15.1. The molecule has 0 N–H and O–H groups in total. The molecule has 0 saturated carbocycles. The number of halogens is 1. The molecule has 26 heavy (non-hydrogen) atoms. The minimum absolute atomic E-state index is 0.0508. The van der Waals surface area contributed by atoms with Crippen molar-refractivity contribution >= 4 is 38.2 Å². The first-order valence-corrected chi connectivity index (χ1v) is 9.46. The summed E-state index contributed by atoms with van der Waals surface area (Å²) in [4.78, 5) is 24.4. The highest BCUT2D eigenvalue weighted by atomic mass is 35.5. The molecule has 0 amide bonds. The highest BCUT2D eigenvalue weighted by molar-refractivity contribution is 7.92. The van der Waals surface area contributed by atoms with E-state index < -0.39 is 27.0 Å². The van der Waals surface area contributed by atoms with Crippen molar-refractivity contribution < 1.29 is 22.4 Å². The number of rotatable bonds is 5. The van der Waals surface area contributed by atoms with Crippen LogP contribution in [-0.4, -0.2) is 27.1 Å². The highest BCUT2D eigenvalue weighted by Gasteiger charge is 2.23. The highest BCUT2D eigenvalue weighted by Crippen LogP contribution is 2.21. The number of ketones is 1. The Hall–Kier alpha value is -2.64. The third kappa shape index (κ3) is 3.63. The van der Waals surface area contributed by atoms with Crippen molar-refractivity contribution in [2.75, 3.05) is 12.9 Å². The van der Waals surface area contributed by atoms with Gasteiger partial charge in [0.2, 0.25) is 0 Å². The first kappa shape index (κ1) is 18.2. The zero-order chi connectivity index (χ0) is 18.9. The van der Waals surface area contributed by atoms with Gasteiger partial charge in [0, 0.05) is 16.5 Å². The number of ether oxygens (including phenoxy) is 1. The Morgan fingerprint density at radius 2 is 1.81 bits per heavy atom. The number of sulfone groups is 1. The number of fused-ring (bicyclic) bond motifs is 1. The fraction of sp³-hybridized carbons (Fsp3) is 0.111. The van der Waals surface area contributed by atoms with Crippen molar-refractivity contribution in [2.24, 2.45) is 0 Å². The second kappa shape index (κ2) is 6.93. The monoisotopic (exact) mass is 392 g/mol. The van der Waals surface area contributed by atoms with Crippen LogP contribution < -0.4 is 10.4 Å². The third-order valence-corrected chi connectivity index (χ3v) is 5.62. The van der Waals surface area contributed by atoms with Gasteiger partial charge in [0.05, 0.1) is 12.0 Å². The molecule has 0 bridgehead atoms. The lowest BCUT2D eigenvalue weighted by Crippen LogP contribution is -2.22. The topological polar surface area (TPSA) is 90.7 Å². The van der Waals surface area contributed by atoms with E-state index in [4.69, 9.17) is 20.8 Å². The normalized spacial score (nSPS) is 11.5. The van der Waals surface area contributed by atoms with Crippen LogP contribution in [0.1, 0.15) is 10.4 Å². The summed E-state index contributed by atoms with van der Waals surface area (Å²) in [6.45, 7) is 0. The number of hydrogen-bond donors (Lipinski definition) is 0. The standard InChI is InChI=1S/C18H13ClO6S/c1-24-13-5-2-11-8-15(18(21)25-17(11)9-13)16(20)10-26(22,23)14-6-3-12(19)4-7-14/h2-9H,10H2,1H3. The van der Waals surface area contributed by atoms with Crippen molar-refractivity contribution in [3.8, 4) is 5.75 Å². The van der Waals surface area contributed by atoms with Gasteiger partial charge in [0.25, 0.3) is 0 Å². The van der Waals surface area contributed by atoms with Gasteiger partial charge in [-0.2, -0.15) is 0 Å². The van der Waals surface area contributed by atoms with Crippen LogP contribution in [0.2, 0.25) is 5.02 Å². The first-order valence-electron chi connectivity index (χ1n) is 7.43. The smallest absolute Gasteiger partial charge is 0.347 e. The van der Waals surface area contributed by atoms with E-state index in [1.54, 1.807) is 12.1 Å². The summed E-state index contributed by atoms with van der Waals surface area (Å²) in [5.74, 6) is -1.20. The second-order valence-corrected chi connectivity index (χ2v) is 7.91. The molecule has 0 aliphatic heterocycles. The summed E-state index contributed by atoms with van der Waals surface area (Å²) in [6, 6.07) is 11.5. The fourth-order valence-corrected chi connectivity index (χ4v) is 3.73. The molecule has 134 valence electrons. The lowest BCUT2D eigenvalue weighted by molar-refractivity contribution is 0.101. The van der Waals surface area contributed by atoms with E-state index in [2.05, 4.69) is 0 Å². The summed E-state index contributed by atoms with van der Waals surface area (Å²) in [6.07, 6.45) is 0. The predicted molar refractivity (Wildman–Crippen MR) is 96.9 cm³/mol. The van der Waals surface area contributed by atoms with Gasteiger partial charge in [-0.1, -0.05) is 11.6 Å². The van der Waals surface area contributed by atoms with Gasteiger partial charge in [0.15, 0.2) is 15.6 Å². The summed E-state index contributed by atoms with van der Waals surface area (Å²) in [5, 5.41) is 0.860. The fourth-order valence-electron chi connectivity index (χ4n) is 2.39. The molecule has 1 aromatic heterocycles. The van der Waals surface area contributed by atoms with Gasteiger partial charge in [-0.15, -0.1) is 0 Å². The van der Waals surface area contributed by atoms with Gasteiger partial charge in [-0.25, -0.2) is 13.2 Å². The molecular weight excluding hydrogens is 380 g/mol. The average Bonchev–Trinajstić information content (AvgIpc) is 2.60. The Morgan fingerprint density at radius 1 is 1.12 bits per heavy atom. The van der Waals surface area contributed by atoms with Crippen LogP contribution in [0.4, 0.5) is 0 Å². The van der Waals surface area contributed by atoms with Gasteiger partial charge >= 0.3 is 5.63 Å². The molecule has 2 aromatic carbocycles. The molecule has 0 fully saturated rings. The number of hydrogen-bond acceptors (Lipinski definition) is 6. The molecular formula is C18H13ClO6S. The molecule has 0 radical (unpaired) electrons. The molecule has 1 heterocycles. The SMILES string of the molecule is COc1ccc2cc(C(=O)CS(=O)(=O)c3ccc(Cl)cc3)c(=O)oc2c1. The van der Waals surface area contributed by atoms with Crippen molar-refractivity contribution in [1.29, 1.82) is 0 Å². The van der Waals surface area contributed by atoms with Crippen LogP contribution in [-0.2, 0) is 9.84 Å². The van der Waals surface area contributed by atoms with Crippen molar-refractivity contribution in [2.45, 2.75) is 4.90 Å². The summed E-state index contributed by atoms with van der Waals surface area (Å²) in [7, 11) is -2.44. The molecule has 0 unspecified atom stereocenters. The summed E-state index contributed by atoms with van der Waals surface area (Å²) >= 11 is 5.74. The zero-order valence-electron chi connectivity index (χ0n) is 13.6. The van der Waals surface area contributed by atoms with E-state index in [0.717, 1.165) is 0 Å². The lowest BCUT2D eigenvalue weighted by Gasteiger charge is -2.05. The van der Waals surface area contributed by atoms with Gasteiger partial charge in [0.1, 0.15) is 22.6 Å². The summed E-state index contributed by atoms with van der Waals surface area (Å²) < 4.78 is 34.9. The van der Waals surface area contributed by atoms with Crippen LogP contribution in [0.3, 0.4) is 0 Å². The van der Waals surface area contributed by atoms with Crippen LogP contribution >= 0.6 is 11.6 Å². The largest absolute Gasteiger partial charge is 0.497 e. The molecule has 6 nitrogen and oxygen atoms in total. The minimum Gasteiger partial charge on any atom is -0.497 e. The van der Waals surface area contributed by atoms with Crippen molar-refractivity contribution in [1.82, 2.24) is 0 Å². The van der Waals surface area contributed by atoms with E-state index in [-0.39, 0.29) is 16.0 Å². The Kier molecular flexibility index (Phi) is 4.84. The minimum atomic E-state index is -3.91. The quantitative estimate of drug-likeness (QED) is 0.489. The van der Waals surface area contributed by atoms with E-state index in [9.17, 15) is 18.0 Å². The molecule has 8 heteroatoms. The Morgan fingerprint density at radius 3 is 2.46 bits per heavy atom. The van der Waals surface area contributed by atoms with E-state index in [0.29, 0.717) is 16.2 Å². The maximum atomic E-state index is 12.4.